The second-order valence-corrected chi connectivity index (χ2v) is 7.27. The normalized spacial score (nSPS) is 26.5. The Bertz CT molecular complexity index is 701. The fraction of sp³-hybridized carbons (Fsp3) is 0.444. The number of fused-ring (bicyclic) bond motifs is 1. The Morgan fingerprint density at radius 2 is 2.30 bits per heavy atom. The molecular weight excluding hydrogens is 308 g/mol. The third-order valence-electron chi connectivity index (χ3n) is 5.22. The van der Waals surface area contributed by atoms with Crippen molar-refractivity contribution in [1.82, 2.24) is 9.88 Å². The number of amides is 1. The van der Waals surface area contributed by atoms with Crippen LogP contribution in [0.1, 0.15) is 35.1 Å². The van der Waals surface area contributed by atoms with Crippen LogP contribution in [0.5, 0.6) is 0 Å². The number of nitrogens with zero attached hydrogens (tertiary/aromatic N) is 2. The van der Waals surface area contributed by atoms with Crippen LogP contribution in [0.3, 0.4) is 0 Å². The van der Waals surface area contributed by atoms with Crippen LogP contribution in [0, 0.1) is 5.92 Å². The molecule has 3 atom stereocenters. The number of carbonyl (C=O) groups excluding carboxylic acids is 1. The highest BCUT2D eigenvalue weighted by Gasteiger charge is 2.40. The molecule has 1 N–H and O–H groups in total. The van der Waals surface area contributed by atoms with Crippen molar-refractivity contribution in [2.45, 2.75) is 24.7 Å². The van der Waals surface area contributed by atoms with Gasteiger partial charge in [0, 0.05) is 37.7 Å². The lowest BCUT2D eigenvalue weighted by atomic mass is 9.91. The molecule has 2 aliphatic rings. The van der Waals surface area contributed by atoms with Crippen molar-refractivity contribution in [3.05, 3.63) is 52.0 Å². The third kappa shape index (κ3) is 2.58. The smallest absolute Gasteiger partial charge is 0.231 e. The minimum absolute atomic E-state index is 0.105. The molecule has 0 radical (unpaired) electrons. The van der Waals surface area contributed by atoms with Crippen LogP contribution >= 0.6 is 11.3 Å². The Kier molecular flexibility index (Phi) is 3.91. The molecule has 0 bridgehead atoms. The number of thiophene rings is 1. The molecule has 3 heterocycles. The Labute approximate surface area is 139 Å². The number of aromatic nitrogens is 1. The van der Waals surface area contributed by atoms with Gasteiger partial charge in [-0.25, -0.2) is 0 Å². The van der Waals surface area contributed by atoms with E-state index in [1.165, 1.54) is 11.1 Å². The highest BCUT2D eigenvalue weighted by Crippen LogP contribution is 2.38. The van der Waals surface area contributed by atoms with Gasteiger partial charge in [0.25, 0.3) is 0 Å². The highest BCUT2D eigenvalue weighted by molar-refractivity contribution is 7.08. The molecule has 2 aromatic rings. The minimum Gasteiger partial charge on any atom is -0.396 e. The van der Waals surface area contributed by atoms with Crippen molar-refractivity contribution >= 4 is 17.2 Å². The lowest BCUT2D eigenvalue weighted by Crippen LogP contribution is -2.33. The first-order valence-electron chi connectivity index (χ1n) is 8.13. The van der Waals surface area contributed by atoms with Crippen LogP contribution in [-0.2, 0) is 11.2 Å². The monoisotopic (exact) mass is 328 g/mol. The number of aryl methyl sites for hydroxylation is 1. The van der Waals surface area contributed by atoms with Gasteiger partial charge in [-0.05, 0) is 46.9 Å². The van der Waals surface area contributed by atoms with E-state index in [2.05, 4.69) is 27.9 Å². The molecule has 1 fully saturated rings. The van der Waals surface area contributed by atoms with Gasteiger partial charge in [0.1, 0.15) is 0 Å². The van der Waals surface area contributed by atoms with E-state index in [1.54, 1.807) is 17.5 Å². The van der Waals surface area contributed by atoms with E-state index in [4.69, 9.17) is 0 Å². The molecule has 1 saturated heterocycles. The summed E-state index contributed by atoms with van der Waals surface area (Å²) >= 11 is 1.67. The summed E-state index contributed by atoms with van der Waals surface area (Å²) in [4.78, 5) is 19.4. The molecular formula is C18H20N2O2S. The number of likely N-dealkylation sites (tertiary alicyclic amines) is 1. The maximum atomic E-state index is 13.0. The van der Waals surface area contributed by atoms with E-state index in [0.29, 0.717) is 13.1 Å². The standard InChI is InChI=1S/C18H20N2O2S/c21-10-14-8-20(9-16(14)13-5-7-23-11-13)18(22)15-4-3-12-2-1-6-19-17(12)15/h1-2,5-7,11,14-16,21H,3-4,8-10H2/t14-,15?,16-/m0/s1. The van der Waals surface area contributed by atoms with Crippen LogP contribution in [0.25, 0.3) is 0 Å². The summed E-state index contributed by atoms with van der Waals surface area (Å²) in [5, 5.41) is 13.9. The summed E-state index contributed by atoms with van der Waals surface area (Å²) < 4.78 is 0. The summed E-state index contributed by atoms with van der Waals surface area (Å²) in [6, 6.07) is 6.12. The molecule has 0 aromatic carbocycles. The number of hydrogen-bond acceptors (Lipinski definition) is 4. The maximum absolute atomic E-state index is 13.0. The first kappa shape index (κ1) is 14.8. The lowest BCUT2D eigenvalue weighted by Gasteiger charge is -2.20. The molecule has 5 heteroatoms. The molecule has 4 rings (SSSR count). The van der Waals surface area contributed by atoms with E-state index in [-0.39, 0.29) is 30.3 Å². The third-order valence-corrected chi connectivity index (χ3v) is 5.92. The van der Waals surface area contributed by atoms with Crippen molar-refractivity contribution in [1.29, 1.82) is 0 Å². The number of hydrogen-bond donors (Lipinski definition) is 1. The van der Waals surface area contributed by atoms with Crippen molar-refractivity contribution in [3.8, 4) is 0 Å². The maximum Gasteiger partial charge on any atom is 0.231 e. The SMILES string of the molecule is O=C(C1CCc2cccnc21)N1C[C@@H](CO)[C@H](c2ccsc2)C1. The van der Waals surface area contributed by atoms with Crippen LogP contribution in [0.4, 0.5) is 0 Å². The molecule has 23 heavy (non-hydrogen) atoms. The predicted molar refractivity (Wildman–Crippen MR) is 89.5 cm³/mol. The molecule has 0 saturated carbocycles. The minimum atomic E-state index is -0.105. The Morgan fingerprint density at radius 3 is 3.09 bits per heavy atom. The van der Waals surface area contributed by atoms with E-state index in [0.717, 1.165) is 18.5 Å². The average molecular weight is 328 g/mol. The molecule has 1 aliphatic carbocycles. The number of carbonyl (C=O) groups is 1. The summed E-state index contributed by atoms with van der Waals surface area (Å²) in [5.74, 6) is 0.461. The summed E-state index contributed by atoms with van der Waals surface area (Å²) in [7, 11) is 0. The molecule has 4 nitrogen and oxygen atoms in total. The number of pyridine rings is 1. The van der Waals surface area contributed by atoms with Gasteiger partial charge in [0.05, 0.1) is 11.6 Å². The zero-order valence-electron chi connectivity index (χ0n) is 12.9. The van der Waals surface area contributed by atoms with E-state index in [1.807, 2.05) is 11.0 Å². The predicted octanol–water partition coefficient (Wildman–Crippen LogP) is 2.41. The van der Waals surface area contributed by atoms with Crippen molar-refractivity contribution in [2.24, 2.45) is 5.92 Å². The summed E-state index contributed by atoms with van der Waals surface area (Å²) in [6.07, 6.45) is 3.57. The Hall–Kier alpha value is -1.72. The largest absolute Gasteiger partial charge is 0.396 e. The first-order valence-corrected chi connectivity index (χ1v) is 9.07. The lowest BCUT2D eigenvalue weighted by molar-refractivity contribution is -0.132. The van der Waals surface area contributed by atoms with Gasteiger partial charge in [-0.3, -0.25) is 9.78 Å². The first-order chi connectivity index (χ1) is 11.3. The van der Waals surface area contributed by atoms with Crippen LogP contribution in [-0.4, -0.2) is 40.6 Å². The van der Waals surface area contributed by atoms with E-state index in [9.17, 15) is 9.90 Å². The van der Waals surface area contributed by atoms with Crippen molar-refractivity contribution in [2.75, 3.05) is 19.7 Å². The fourth-order valence-electron chi connectivity index (χ4n) is 3.97. The zero-order chi connectivity index (χ0) is 15.8. The van der Waals surface area contributed by atoms with Crippen LogP contribution < -0.4 is 0 Å². The highest BCUT2D eigenvalue weighted by atomic mass is 32.1. The molecule has 0 spiro atoms. The summed E-state index contributed by atoms with van der Waals surface area (Å²) in [6.45, 7) is 1.48. The topological polar surface area (TPSA) is 53.4 Å². The second kappa shape index (κ2) is 6.06. The van der Waals surface area contributed by atoms with E-state index < -0.39 is 0 Å². The quantitative estimate of drug-likeness (QED) is 0.941. The molecule has 1 amide bonds. The van der Waals surface area contributed by atoms with Gasteiger partial charge in [-0.15, -0.1) is 0 Å². The Morgan fingerprint density at radius 1 is 1.39 bits per heavy atom. The van der Waals surface area contributed by atoms with Gasteiger partial charge in [-0.2, -0.15) is 11.3 Å². The molecule has 1 unspecified atom stereocenters. The Balaban J connectivity index is 1.54. The second-order valence-electron chi connectivity index (χ2n) is 6.49. The molecule has 120 valence electrons. The van der Waals surface area contributed by atoms with Gasteiger partial charge in [0.2, 0.25) is 5.91 Å². The number of aliphatic hydroxyl groups excluding tert-OH is 1. The number of rotatable bonds is 3. The zero-order valence-corrected chi connectivity index (χ0v) is 13.7. The van der Waals surface area contributed by atoms with Gasteiger partial charge in [-0.1, -0.05) is 6.07 Å². The molecule has 1 aliphatic heterocycles. The fourth-order valence-corrected chi connectivity index (χ4v) is 4.70. The van der Waals surface area contributed by atoms with E-state index >= 15 is 0 Å². The van der Waals surface area contributed by atoms with Crippen LogP contribution in [0.2, 0.25) is 0 Å². The van der Waals surface area contributed by atoms with Crippen molar-refractivity contribution in [3.63, 3.8) is 0 Å². The van der Waals surface area contributed by atoms with Gasteiger partial charge < -0.3 is 10.0 Å². The van der Waals surface area contributed by atoms with Crippen LogP contribution in [0.15, 0.2) is 35.2 Å². The van der Waals surface area contributed by atoms with Gasteiger partial charge in [0.15, 0.2) is 0 Å². The van der Waals surface area contributed by atoms with Crippen molar-refractivity contribution < 1.29 is 9.90 Å². The van der Waals surface area contributed by atoms with Gasteiger partial charge >= 0.3 is 0 Å². The number of aliphatic hydroxyl groups is 1. The molecule has 2 aromatic heterocycles. The average Bonchev–Trinajstić information content (AvgIpc) is 3.31. The summed E-state index contributed by atoms with van der Waals surface area (Å²) in [5.41, 5.74) is 3.41.